The lowest BCUT2D eigenvalue weighted by Gasteiger charge is -2.33. The Morgan fingerprint density at radius 1 is 1.48 bits per heavy atom. The van der Waals surface area contributed by atoms with Crippen molar-refractivity contribution in [2.24, 2.45) is 10.7 Å². The van der Waals surface area contributed by atoms with Gasteiger partial charge in [-0.1, -0.05) is 11.6 Å². The zero-order valence-electron chi connectivity index (χ0n) is 16.9. The van der Waals surface area contributed by atoms with Crippen LogP contribution in [0.2, 0.25) is 5.02 Å². The van der Waals surface area contributed by atoms with Crippen LogP contribution in [0.3, 0.4) is 0 Å². The largest absolute Gasteiger partial charge is 0.369 e. The Bertz CT molecular complexity index is 1460. The summed E-state index contributed by atoms with van der Waals surface area (Å²) in [5.74, 6) is -0.238. The quantitative estimate of drug-likeness (QED) is 0.448. The molecular weight excluding hydrogens is 456 g/mol. The summed E-state index contributed by atoms with van der Waals surface area (Å²) in [5, 5.41) is 1.54. The number of nitrogens with zero attached hydrogens (tertiary/aromatic N) is 4. The van der Waals surface area contributed by atoms with Gasteiger partial charge in [0.25, 0.3) is 0 Å². The van der Waals surface area contributed by atoms with Crippen molar-refractivity contribution in [3.8, 4) is 10.6 Å². The lowest BCUT2D eigenvalue weighted by molar-refractivity contribution is 0.482. The molecule has 3 atom stereocenters. The van der Waals surface area contributed by atoms with Crippen molar-refractivity contribution in [2.45, 2.75) is 18.5 Å². The second kappa shape index (κ2) is 5.69. The molecule has 0 spiro atoms. The lowest BCUT2D eigenvalue weighted by atomic mass is 10.0. The minimum Gasteiger partial charge on any atom is -0.369 e. The molecule has 2 fully saturated rings. The molecule has 0 bridgehead atoms. The number of rotatable bonds is 3. The van der Waals surface area contributed by atoms with Crippen molar-refractivity contribution in [3.05, 3.63) is 46.6 Å². The summed E-state index contributed by atoms with van der Waals surface area (Å²) in [6.45, 7) is 7.02. The molecular formula is C20H20ClN6O2S2+. The molecule has 0 aromatic carbocycles. The highest BCUT2D eigenvalue weighted by Crippen LogP contribution is 2.65. The van der Waals surface area contributed by atoms with E-state index in [1.165, 1.54) is 24.1 Å². The molecule has 0 amide bonds. The van der Waals surface area contributed by atoms with E-state index in [2.05, 4.69) is 27.6 Å². The standard InChI is InChI=1S/C20H20ClN6O2S2/c1-10-13-8-27(10,13)16-11-5-4-6-23-18(11)24-15(16)14-7-12(21)17(30-14)20(2)9-31(28,29)26(3)19(22)25-20/h4-7,13H,1,8-9H2,2-3H3,(H2,22,25)(H,23,24)/q+1/t13?,20-,27?/m0/s1. The van der Waals surface area contributed by atoms with Crippen LogP contribution in [0.25, 0.3) is 21.6 Å². The first-order chi connectivity index (χ1) is 14.6. The first-order valence-corrected chi connectivity index (χ1v) is 12.6. The second-order valence-electron chi connectivity index (χ2n) is 8.56. The summed E-state index contributed by atoms with van der Waals surface area (Å²) in [7, 11) is -2.18. The van der Waals surface area contributed by atoms with Crippen LogP contribution in [0.5, 0.6) is 0 Å². The maximum absolute atomic E-state index is 12.6. The highest BCUT2D eigenvalue weighted by Gasteiger charge is 2.82. The summed E-state index contributed by atoms with van der Waals surface area (Å²) < 4.78 is 27.0. The predicted molar refractivity (Wildman–Crippen MR) is 125 cm³/mol. The van der Waals surface area contributed by atoms with Crippen LogP contribution in [0, 0.1) is 0 Å². The van der Waals surface area contributed by atoms with Gasteiger partial charge in [0, 0.05) is 13.2 Å². The normalized spacial score (nSPS) is 30.9. The molecule has 3 aromatic heterocycles. The topological polar surface area (TPSA) is 104 Å². The lowest BCUT2D eigenvalue weighted by Crippen LogP contribution is -2.50. The molecule has 2 saturated heterocycles. The van der Waals surface area contributed by atoms with Gasteiger partial charge in [0.2, 0.25) is 22.0 Å². The number of guanidine groups is 1. The van der Waals surface area contributed by atoms with Crippen LogP contribution in [-0.4, -0.2) is 54.0 Å². The third-order valence-electron chi connectivity index (χ3n) is 6.62. The summed E-state index contributed by atoms with van der Waals surface area (Å²) >= 11 is 8.09. The molecule has 0 aliphatic carbocycles. The Morgan fingerprint density at radius 2 is 2.23 bits per heavy atom. The minimum absolute atomic E-state index is 0.0408. The average molecular weight is 476 g/mol. The highest BCUT2D eigenvalue weighted by atomic mass is 35.5. The molecule has 8 nitrogen and oxygen atoms in total. The van der Waals surface area contributed by atoms with Crippen molar-refractivity contribution >= 4 is 55.6 Å². The molecule has 3 N–H and O–H groups in total. The summed E-state index contributed by atoms with van der Waals surface area (Å²) in [6, 6.07) is 6.36. The molecule has 31 heavy (non-hydrogen) atoms. The Hall–Kier alpha value is -2.40. The van der Waals surface area contributed by atoms with Gasteiger partial charge in [0.15, 0.2) is 17.9 Å². The number of hydrogen-bond donors (Lipinski definition) is 2. The van der Waals surface area contributed by atoms with E-state index >= 15 is 0 Å². The van der Waals surface area contributed by atoms with Crippen molar-refractivity contribution < 1.29 is 8.42 Å². The number of nitrogens with one attached hydrogen (secondary N) is 1. The van der Waals surface area contributed by atoms with Crippen molar-refractivity contribution in [1.29, 1.82) is 0 Å². The molecule has 0 radical (unpaired) electrons. The molecule has 6 rings (SSSR count). The number of thiophene rings is 1. The van der Waals surface area contributed by atoms with Gasteiger partial charge in [-0.25, -0.2) is 27.2 Å². The van der Waals surface area contributed by atoms with E-state index in [1.54, 1.807) is 13.1 Å². The second-order valence-corrected chi connectivity index (χ2v) is 12.0. The van der Waals surface area contributed by atoms with Crippen LogP contribution in [0.15, 0.2) is 41.7 Å². The molecule has 11 heteroatoms. The number of halogens is 1. The SMILES string of the molecule is C=C1C2C[N+]12c1c(-c2cc(Cl)c([C@]3(C)CS(=O)(=O)N(C)C(N)=N3)s2)[nH]c2ncccc12. The van der Waals surface area contributed by atoms with Crippen LogP contribution < -0.4 is 10.2 Å². The number of nitrogens with two attached hydrogens (primary N) is 1. The number of fused-ring (bicyclic) bond motifs is 2. The number of quaternary nitrogens is 1. The number of aromatic nitrogens is 2. The monoisotopic (exact) mass is 475 g/mol. The van der Waals surface area contributed by atoms with Gasteiger partial charge in [-0.15, -0.1) is 11.3 Å². The minimum atomic E-state index is -3.59. The zero-order chi connectivity index (χ0) is 21.9. The predicted octanol–water partition coefficient (Wildman–Crippen LogP) is 2.97. The van der Waals surface area contributed by atoms with Crippen LogP contribution in [-0.2, 0) is 15.6 Å². The Kier molecular flexibility index (Phi) is 3.54. The zero-order valence-corrected chi connectivity index (χ0v) is 19.3. The molecule has 2 unspecified atom stereocenters. The number of hydrogen-bond acceptors (Lipinski definition) is 6. The van der Waals surface area contributed by atoms with Gasteiger partial charge in [0.05, 0.1) is 25.9 Å². The van der Waals surface area contributed by atoms with Gasteiger partial charge in [-0.3, -0.25) is 0 Å². The van der Waals surface area contributed by atoms with E-state index in [9.17, 15) is 8.42 Å². The molecule has 3 aliphatic heterocycles. The number of pyridine rings is 1. The van der Waals surface area contributed by atoms with E-state index in [0.29, 0.717) is 15.9 Å². The van der Waals surface area contributed by atoms with Gasteiger partial charge in [-0.05, 0) is 31.7 Å². The van der Waals surface area contributed by atoms with Crippen LogP contribution in [0.4, 0.5) is 5.69 Å². The molecule has 160 valence electrons. The van der Waals surface area contributed by atoms with Crippen LogP contribution >= 0.6 is 22.9 Å². The van der Waals surface area contributed by atoms with E-state index in [-0.39, 0.29) is 11.7 Å². The fourth-order valence-electron chi connectivity index (χ4n) is 4.71. The fourth-order valence-corrected chi connectivity index (χ4v) is 7.87. The number of aliphatic imine (C=N–C) groups is 1. The van der Waals surface area contributed by atoms with Crippen molar-refractivity contribution in [3.63, 3.8) is 0 Å². The van der Waals surface area contributed by atoms with Crippen molar-refractivity contribution in [1.82, 2.24) is 18.8 Å². The van der Waals surface area contributed by atoms with Gasteiger partial charge < -0.3 is 10.7 Å². The van der Waals surface area contributed by atoms with Crippen molar-refractivity contribution in [2.75, 3.05) is 19.3 Å². The van der Waals surface area contributed by atoms with E-state index in [0.717, 1.165) is 42.6 Å². The maximum Gasteiger partial charge on any atom is 0.239 e. The van der Waals surface area contributed by atoms with E-state index < -0.39 is 15.6 Å². The van der Waals surface area contributed by atoms with Gasteiger partial charge >= 0.3 is 0 Å². The molecule has 6 heterocycles. The number of H-pyrrole nitrogens is 1. The van der Waals surface area contributed by atoms with E-state index in [4.69, 9.17) is 17.3 Å². The number of aromatic amines is 1. The first-order valence-electron chi connectivity index (χ1n) is 9.75. The number of sulfonamides is 1. The maximum atomic E-state index is 12.6. The average Bonchev–Trinajstić information content (AvgIpc) is 3.43. The molecule has 3 aliphatic rings. The Labute approximate surface area is 188 Å². The van der Waals surface area contributed by atoms with Crippen LogP contribution in [0.1, 0.15) is 11.8 Å². The van der Waals surface area contributed by atoms with E-state index in [1.807, 2.05) is 12.1 Å². The summed E-state index contributed by atoms with van der Waals surface area (Å²) in [5.41, 5.74) is 9.00. The fraction of sp³-hybridized carbons (Fsp3) is 0.300. The van der Waals surface area contributed by atoms with Gasteiger partial charge in [0.1, 0.15) is 16.9 Å². The highest BCUT2D eigenvalue weighted by molar-refractivity contribution is 7.89. The summed E-state index contributed by atoms with van der Waals surface area (Å²) in [6.07, 6.45) is 1.76. The first kappa shape index (κ1) is 19.3. The third-order valence-corrected chi connectivity index (χ3v) is 10.4. The Balaban J connectivity index is 1.53. The molecule has 0 saturated carbocycles. The summed E-state index contributed by atoms with van der Waals surface area (Å²) in [4.78, 5) is 14.0. The smallest absolute Gasteiger partial charge is 0.239 e. The van der Waals surface area contributed by atoms with Gasteiger partial charge in [-0.2, -0.15) is 0 Å². The Morgan fingerprint density at radius 3 is 2.87 bits per heavy atom. The molecule has 3 aromatic rings. The third kappa shape index (κ3) is 2.41.